The van der Waals surface area contributed by atoms with Crippen molar-refractivity contribution in [3.05, 3.63) is 24.3 Å². The van der Waals surface area contributed by atoms with E-state index in [-0.39, 0.29) is 5.91 Å². The van der Waals surface area contributed by atoms with Crippen LogP contribution in [-0.2, 0) is 15.0 Å². The van der Waals surface area contributed by atoms with E-state index in [1.807, 2.05) is 0 Å². The van der Waals surface area contributed by atoms with Crippen molar-refractivity contribution >= 4 is 27.5 Å². The number of carbonyl (C=O) groups is 1. The first-order valence-electron chi connectivity index (χ1n) is 6.63. The van der Waals surface area contributed by atoms with Gasteiger partial charge in [-0.1, -0.05) is 6.42 Å². The summed E-state index contributed by atoms with van der Waals surface area (Å²) in [7, 11) is -3.48. The van der Waals surface area contributed by atoms with Gasteiger partial charge in [0.15, 0.2) is 0 Å². The zero-order valence-corrected chi connectivity index (χ0v) is 12.2. The van der Waals surface area contributed by atoms with Crippen LogP contribution in [-0.4, -0.2) is 31.7 Å². The zero-order valence-electron chi connectivity index (χ0n) is 11.4. The van der Waals surface area contributed by atoms with E-state index < -0.39 is 10.2 Å². The van der Waals surface area contributed by atoms with Gasteiger partial charge in [-0.15, -0.1) is 0 Å². The molecule has 1 aliphatic rings. The molecule has 0 spiro atoms. The SMILES string of the molecule is CC(=O)Nc1ccc(NS(=O)(=O)N2CCCCC2)cc1. The molecule has 1 fully saturated rings. The van der Waals surface area contributed by atoms with Crippen LogP contribution in [0.2, 0.25) is 0 Å². The van der Waals surface area contributed by atoms with Crippen LogP contribution in [0.5, 0.6) is 0 Å². The van der Waals surface area contributed by atoms with Crippen LogP contribution in [0.15, 0.2) is 24.3 Å². The molecule has 0 bridgehead atoms. The second kappa shape index (κ2) is 6.23. The number of carbonyl (C=O) groups excluding carboxylic acids is 1. The minimum atomic E-state index is -3.48. The molecule has 0 atom stereocenters. The Labute approximate surface area is 119 Å². The quantitative estimate of drug-likeness (QED) is 0.889. The van der Waals surface area contributed by atoms with E-state index in [1.165, 1.54) is 11.2 Å². The first kappa shape index (κ1) is 14.8. The van der Waals surface area contributed by atoms with E-state index in [0.717, 1.165) is 19.3 Å². The fourth-order valence-electron chi connectivity index (χ4n) is 2.14. The van der Waals surface area contributed by atoms with Crippen LogP contribution in [0.1, 0.15) is 26.2 Å². The van der Waals surface area contributed by atoms with E-state index in [4.69, 9.17) is 0 Å². The summed E-state index contributed by atoms with van der Waals surface area (Å²) in [6, 6.07) is 6.59. The molecule has 0 radical (unpaired) electrons. The van der Waals surface area contributed by atoms with Crippen LogP contribution in [0.3, 0.4) is 0 Å². The summed E-state index contributed by atoms with van der Waals surface area (Å²) in [5, 5.41) is 2.63. The molecule has 110 valence electrons. The summed E-state index contributed by atoms with van der Waals surface area (Å²) in [4.78, 5) is 10.9. The molecule has 1 aromatic rings. The fraction of sp³-hybridized carbons (Fsp3) is 0.462. The second-order valence-electron chi connectivity index (χ2n) is 4.83. The van der Waals surface area contributed by atoms with E-state index in [0.29, 0.717) is 24.5 Å². The summed E-state index contributed by atoms with van der Waals surface area (Å²) >= 11 is 0. The summed E-state index contributed by atoms with van der Waals surface area (Å²) in [5.41, 5.74) is 1.13. The highest BCUT2D eigenvalue weighted by Gasteiger charge is 2.23. The normalized spacial score (nSPS) is 16.6. The Morgan fingerprint density at radius 1 is 1.05 bits per heavy atom. The molecule has 1 amide bonds. The third-order valence-corrected chi connectivity index (χ3v) is 4.65. The summed E-state index contributed by atoms with van der Waals surface area (Å²) in [6.45, 7) is 2.56. The van der Waals surface area contributed by atoms with Gasteiger partial charge in [0.05, 0.1) is 0 Å². The van der Waals surface area contributed by atoms with Crippen LogP contribution in [0.25, 0.3) is 0 Å². The van der Waals surface area contributed by atoms with Crippen molar-refractivity contribution in [1.29, 1.82) is 0 Å². The number of hydrogen-bond donors (Lipinski definition) is 2. The summed E-state index contributed by atoms with van der Waals surface area (Å²) < 4.78 is 28.3. The van der Waals surface area contributed by atoms with Gasteiger partial charge in [0.1, 0.15) is 0 Å². The van der Waals surface area contributed by atoms with Crippen LogP contribution >= 0.6 is 0 Å². The minimum absolute atomic E-state index is 0.161. The van der Waals surface area contributed by atoms with Crippen molar-refractivity contribution in [1.82, 2.24) is 4.31 Å². The highest BCUT2D eigenvalue weighted by atomic mass is 32.2. The first-order chi connectivity index (χ1) is 9.47. The van der Waals surface area contributed by atoms with Gasteiger partial charge in [0, 0.05) is 31.4 Å². The Bertz CT molecular complexity index is 563. The van der Waals surface area contributed by atoms with Crippen LogP contribution < -0.4 is 10.0 Å². The van der Waals surface area contributed by atoms with Crippen molar-refractivity contribution in [3.63, 3.8) is 0 Å². The van der Waals surface area contributed by atoms with Gasteiger partial charge >= 0.3 is 10.2 Å². The van der Waals surface area contributed by atoms with Gasteiger partial charge in [0.2, 0.25) is 5.91 Å². The molecule has 0 saturated carbocycles. The number of anilines is 2. The summed E-state index contributed by atoms with van der Waals surface area (Å²) in [6.07, 6.45) is 2.89. The Kier molecular flexibility index (Phi) is 4.61. The first-order valence-corrected chi connectivity index (χ1v) is 8.07. The molecule has 20 heavy (non-hydrogen) atoms. The summed E-state index contributed by atoms with van der Waals surface area (Å²) in [5.74, 6) is -0.161. The lowest BCUT2D eigenvalue weighted by molar-refractivity contribution is -0.114. The van der Waals surface area contributed by atoms with Crippen molar-refractivity contribution < 1.29 is 13.2 Å². The molecular weight excluding hydrogens is 278 g/mol. The largest absolute Gasteiger partial charge is 0.326 e. The van der Waals surface area contributed by atoms with Gasteiger partial charge in [0.25, 0.3) is 0 Å². The predicted molar refractivity (Wildman–Crippen MR) is 78.7 cm³/mol. The highest BCUT2D eigenvalue weighted by Crippen LogP contribution is 2.18. The maximum atomic E-state index is 12.2. The molecule has 1 aliphatic heterocycles. The Balaban J connectivity index is 2.03. The lowest BCUT2D eigenvalue weighted by Gasteiger charge is -2.26. The maximum absolute atomic E-state index is 12.2. The molecule has 1 aromatic carbocycles. The van der Waals surface area contributed by atoms with Gasteiger partial charge < -0.3 is 5.32 Å². The third kappa shape index (κ3) is 3.94. The van der Waals surface area contributed by atoms with Gasteiger partial charge in [-0.2, -0.15) is 12.7 Å². The maximum Gasteiger partial charge on any atom is 0.301 e. The number of rotatable bonds is 4. The molecule has 0 aromatic heterocycles. The molecule has 2 rings (SSSR count). The molecule has 7 heteroatoms. The van der Waals surface area contributed by atoms with E-state index in [9.17, 15) is 13.2 Å². The average molecular weight is 297 g/mol. The lowest BCUT2D eigenvalue weighted by atomic mass is 10.2. The van der Waals surface area contributed by atoms with Crippen LogP contribution in [0.4, 0.5) is 11.4 Å². The van der Waals surface area contributed by atoms with Crippen molar-refractivity contribution in [2.75, 3.05) is 23.1 Å². The molecule has 1 saturated heterocycles. The Morgan fingerprint density at radius 2 is 1.60 bits per heavy atom. The van der Waals surface area contributed by atoms with Crippen molar-refractivity contribution in [3.8, 4) is 0 Å². The molecule has 6 nitrogen and oxygen atoms in total. The third-order valence-electron chi connectivity index (χ3n) is 3.11. The number of benzene rings is 1. The zero-order chi connectivity index (χ0) is 14.6. The molecule has 1 heterocycles. The average Bonchev–Trinajstić information content (AvgIpc) is 2.41. The number of nitrogens with one attached hydrogen (secondary N) is 2. The van der Waals surface area contributed by atoms with Crippen molar-refractivity contribution in [2.45, 2.75) is 26.2 Å². The Hall–Kier alpha value is -1.60. The van der Waals surface area contributed by atoms with Crippen molar-refractivity contribution in [2.24, 2.45) is 0 Å². The highest BCUT2D eigenvalue weighted by molar-refractivity contribution is 7.90. The van der Waals surface area contributed by atoms with Gasteiger partial charge in [-0.3, -0.25) is 9.52 Å². The number of hydrogen-bond acceptors (Lipinski definition) is 3. The van der Waals surface area contributed by atoms with Gasteiger partial charge in [-0.25, -0.2) is 0 Å². The van der Waals surface area contributed by atoms with Gasteiger partial charge in [-0.05, 0) is 37.1 Å². The number of nitrogens with zero attached hydrogens (tertiary/aromatic N) is 1. The fourth-order valence-corrected chi connectivity index (χ4v) is 3.45. The number of amides is 1. The monoisotopic (exact) mass is 297 g/mol. The molecular formula is C13H19N3O3S. The Morgan fingerprint density at radius 3 is 2.15 bits per heavy atom. The predicted octanol–water partition coefficient (Wildman–Crippen LogP) is 1.79. The van der Waals surface area contributed by atoms with E-state index >= 15 is 0 Å². The topological polar surface area (TPSA) is 78.5 Å². The molecule has 0 unspecified atom stereocenters. The second-order valence-corrected chi connectivity index (χ2v) is 6.50. The molecule has 0 aliphatic carbocycles. The van der Waals surface area contributed by atoms with Crippen LogP contribution in [0, 0.1) is 0 Å². The number of piperidine rings is 1. The minimum Gasteiger partial charge on any atom is -0.326 e. The lowest BCUT2D eigenvalue weighted by Crippen LogP contribution is -2.39. The smallest absolute Gasteiger partial charge is 0.301 e. The van der Waals surface area contributed by atoms with E-state index in [1.54, 1.807) is 24.3 Å². The standard InChI is InChI=1S/C13H19N3O3S/c1-11(17)14-12-5-7-13(8-6-12)15-20(18,19)16-9-3-2-4-10-16/h5-8,15H,2-4,9-10H2,1H3,(H,14,17). The van der Waals surface area contributed by atoms with E-state index in [2.05, 4.69) is 10.0 Å². The molecule has 2 N–H and O–H groups in total.